The number of aliphatic carboxylic acids is 1. The summed E-state index contributed by atoms with van der Waals surface area (Å²) in [4.78, 5) is 33.2. The number of hydrogen-bond donors (Lipinski definition) is 1. The van der Waals surface area contributed by atoms with E-state index in [9.17, 15) is 41.5 Å². The molecule has 9 nitrogen and oxygen atoms in total. The number of carboxylic acids is 1. The third-order valence-corrected chi connectivity index (χ3v) is 12.9. The average Bonchev–Trinajstić information content (AvgIpc) is 3.64. The fraction of sp³-hybridized carbons (Fsp3) is 0.561. The predicted molar refractivity (Wildman–Crippen MR) is 198 cm³/mol. The van der Waals surface area contributed by atoms with E-state index in [2.05, 4.69) is 11.1 Å². The van der Waals surface area contributed by atoms with E-state index in [1.165, 1.54) is 5.38 Å². The van der Waals surface area contributed by atoms with Crippen molar-refractivity contribution in [2.75, 3.05) is 26.2 Å². The largest absolute Gasteiger partial charge is 0.493 e. The van der Waals surface area contributed by atoms with Gasteiger partial charge in [-0.3, -0.25) is 19.5 Å². The summed E-state index contributed by atoms with van der Waals surface area (Å²) in [5, 5.41) is 21.6. The van der Waals surface area contributed by atoms with Gasteiger partial charge in [0.2, 0.25) is 5.60 Å². The molecule has 308 valence electrons. The van der Waals surface area contributed by atoms with Crippen LogP contribution in [-0.2, 0) is 33.9 Å². The van der Waals surface area contributed by atoms with Gasteiger partial charge in [0, 0.05) is 49.0 Å². The Hall–Kier alpha value is -4.36. The standard InChI is InChI=1S/C41H46F6N4O5S/c1-2-8-33-39(56-29-23-34(57-26-29)41(45,46)47,15-6-19-51(33)25-28-24-49-18-11-30(28)40(42,43)44)35(52)50-20-16-38(27-48,17-21-50)31-9-3-4-10-32(31)55-22-7-14-37(36(53)54)12-5-13-37/h3-4,9-11,18,23-24,26,33H,2,5-8,12-17,19-22,25H2,1H3,(H,53,54). The summed E-state index contributed by atoms with van der Waals surface area (Å²) in [6, 6.07) is 10.6. The van der Waals surface area contributed by atoms with E-state index in [0.717, 1.165) is 30.9 Å². The van der Waals surface area contributed by atoms with E-state index in [0.29, 0.717) is 74.1 Å². The number of rotatable bonds is 14. The Balaban J connectivity index is 1.26. The van der Waals surface area contributed by atoms with E-state index in [1.807, 2.05) is 13.0 Å². The minimum atomic E-state index is -4.66. The molecule has 3 aliphatic rings. The normalized spacial score (nSPS) is 22.3. The van der Waals surface area contributed by atoms with Crippen molar-refractivity contribution in [3.8, 4) is 17.6 Å². The van der Waals surface area contributed by atoms with Crippen molar-refractivity contribution in [1.82, 2.24) is 14.8 Å². The van der Waals surface area contributed by atoms with Crippen molar-refractivity contribution in [2.24, 2.45) is 5.41 Å². The second-order valence-corrected chi connectivity index (χ2v) is 16.3. The van der Waals surface area contributed by atoms with Crippen LogP contribution in [0.4, 0.5) is 26.3 Å². The van der Waals surface area contributed by atoms with Crippen LogP contribution in [0.2, 0.25) is 0 Å². The number of thiophene rings is 1. The molecule has 2 aliphatic heterocycles. The first-order chi connectivity index (χ1) is 27.1. The van der Waals surface area contributed by atoms with Gasteiger partial charge in [-0.15, -0.1) is 11.3 Å². The minimum absolute atomic E-state index is 0.0914. The van der Waals surface area contributed by atoms with E-state index in [4.69, 9.17) is 9.47 Å². The van der Waals surface area contributed by atoms with Gasteiger partial charge < -0.3 is 19.5 Å². The molecule has 6 rings (SSSR count). The third-order valence-electron chi connectivity index (χ3n) is 12.0. The number of ether oxygens (including phenoxy) is 2. The summed E-state index contributed by atoms with van der Waals surface area (Å²) in [7, 11) is 0. The van der Waals surface area contributed by atoms with Gasteiger partial charge >= 0.3 is 18.3 Å². The fourth-order valence-corrected chi connectivity index (χ4v) is 9.47. The predicted octanol–water partition coefficient (Wildman–Crippen LogP) is 9.26. The van der Waals surface area contributed by atoms with Gasteiger partial charge in [-0.25, -0.2) is 0 Å². The number of para-hydroxylation sites is 1. The molecular formula is C41H46F6N4O5S. The van der Waals surface area contributed by atoms with E-state index in [-0.39, 0.29) is 56.8 Å². The lowest BCUT2D eigenvalue weighted by molar-refractivity contribution is -0.163. The molecular weight excluding hydrogens is 775 g/mol. The Morgan fingerprint density at radius 3 is 2.37 bits per heavy atom. The van der Waals surface area contributed by atoms with Crippen LogP contribution in [0.5, 0.6) is 11.5 Å². The van der Waals surface area contributed by atoms with Crippen molar-refractivity contribution in [1.29, 1.82) is 5.26 Å². The van der Waals surface area contributed by atoms with Crippen molar-refractivity contribution in [2.45, 2.75) is 114 Å². The maximum absolute atomic E-state index is 15.0. The summed E-state index contributed by atoms with van der Waals surface area (Å²) >= 11 is 0.433. The van der Waals surface area contributed by atoms with Gasteiger partial charge in [0.1, 0.15) is 16.4 Å². The van der Waals surface area contributed by atoms with E-state index in [1.54, 1.807) is 28.0 Å². The number of benzene rings is 1. The Morgan fingerprint density at radius 1 is 1.02 bits per heavy atom. The molecule has 2 unspecified atom stereocenters. The Labute approximate surface area is 331 Å². The average molecular weight is 821 g/mol. The first kappa shape index (κ1) is 42.3. The minimum Gasteiger partial charge on any atom is -0.493 e. The second-order valence-electron chi connectivity index (χ2n) is 15.4. The van der Waals surface area contributed by atoms with Crippen molar-refractivity contribution in [3.05, 3.63) is 75.7 Å². The van der Waals surface area contributed by atoms with Gasteiger partial charge in [0.05, 0.1) is 35.1 Å². The number of pyridine rings is 1. The molecule has 1 aliphatic carbocycles. The molecule has 3 aromatic rings. The van der Waals surface area contributed by atoms with Gasteiger partial charge in [0.25, 0.3) is 5.91 Å². The van der Waals surface area contributed by atoms with Gasteiger partial charge in [-0.05, 0) is 82.0 Å². The number of nitrogens with zero attached hydrogens (tertiary/aromatic N) is 4. The van der Waals surface area contributed by atoms with Crippen LogP contribution < -0.4 is 9.47 Å². The molecule has 3 fully saturated rings. The Bertz CT molecular complexity index is 1930. The molecule has 1 N–H and O–H groups in total. The zero-order valence-corrected chi connectivity index (χ0v) is 32.4. The summed E-state index contributed by atoms with van der Waals surface area (Å²) in [6.07, 6.45) is -2.29. The van der Waals surface area contributed by atoms with Crippen LogP contribution in [0, 0.1) is 16.7 Å². The molecule has 57 heavy (non-hydrogen) atoms. The number of likely N-dealkylation sites (tertiary alicyclic amines) is 2. The molecule has 4 heterocycles. The number of carboxylic acid groups (broad SMARTS) is 1. The number of carbonyl (C=O) groups excluding carboxylic acids is 1. The lowest BCUT2D eigenvalue weighted by Gasteiger charge is -2.51. The monoisotopic (exact) mass is 820 g/mol. The van der Waals surface area contributed by atoms with Crippen molar-refractivity contribution >= 4 is 23.2 Å². The number of hydrogen-bond acceptors (Lipinski definition) is 8. The van der Waals surface area contributed by atoms with Crippen LogP contribution in [0.3, 0.4) is 0 Å². The highest BCUT2D eigenvalue weighted by Crippen LogP contribution is 2.47. The maximum Gasteiger partial charge on any atom is 0.425 e. The van der Waals surface area contributed by atoms with Gasteiger partial charge in [0.15, 0.2) is 0 Å². The zero-order valence-electron chi connectivity index (χ0n) is 31.6. The number of nitriles is 1. The number of carbonyl (C=O) groups is 2. The van der Waals surface area contributed by atoms with Gasteiger partial charge in [-0.2, -0.15) is 31.6 Å². The SMILES string of the molecule is CCCC1N(Cc2cnccc2C(F)(F)F)CCCC1(Oc1csc(C(F)(F)F)c1)C(=O)N1CCC(C#N)(c2ccccc2OCCCC2(C(=O)O)CCC2)CC1. The van der Waals surface area contributed by atoms with E-state index < -0.39 is 57.1 Å². The first-order valence-electron chi connectivity index (χ1n) is 19.3. The molecule has 2 aromatic heterocycles. The maximum atomic E-state index is 15.0. The highest BCUT2D eigenvalue weighted by atomic mass is 32.1. The zero-order chi connectivity index (χ0) is 41.1. The Morgan fingerprint density at radius 2 is 1.75 bits per heavy atom. The molecule has 2 saturated heterocycles. The Kier molecular flexibility index (Phi) is 12.5. The van der Waals surface area contributed by atoms with Crippen LogP contribution in [0.25, 0.3) is 0 Å². The smallest absolute Gasteiger partial charge is 0.425 e. The number of halogens is 6. The summed E-state index contributed by atoms with van der Waals surface area (Å²) in [5.74, 6) is -0.943. The highest BCUT2D eigenvalue weighted by Gasteiger charge is 2.55. The summed E-state index contributed by atoms with van der Waals surface area (Å²) < 4.78 is 96.1. The lowest BCUT2D eigenvalue weighted by Crippen LogP contribution is -2.67. The fourth-order valence-electron chi connectivity index (χ4n) is 8.79. The van der Waals surface area contributed by atoms with Crippen LogP contribution in [0.1, 0.15) is 99.1 Å². The van der Waals surface area contributed by atoms with Crippen LogP contribution in [-0.4, -0.2) is 69.7 Å². The topological polar surface area (TPSA) is 116 Å². The first-order valence-corrected chi connectivity index (χ1v) is 20.2. The van der Waals surface area contributed by atoms with Crippen LogP contribution in [0.15, 0.2) is 54.2 Å². The number of alkyl halides is 6. The van der Waals surface area contributed by atoms with Gasteiger partial charge in [-0.1, -0.05) is 38.0 Å². The number of amides is 1. The third kappa shape index (κ3) is 8.74. The highest BCUT2D eigenvalue weighted by molar-refractivity contribution is 7.10. The molecule has 1 amide bonds. The molecule has 16 heteroatoms. The molecule has 0 spiro atoms. The lowest BCUT2D eigenvalue weighted by atomic mass is 9.66. The molecule has 1 aromatic carbocycles. The van der Waals surface area contributed by atoms with E-state index >= 15 is 4.79 Å². The molecule has 0 radical (unpaired) electrons. The molecule has 2 atom stereocenters. The second kappa shape index (κ2) is 16.9. The molecule has 1 saturated carbocycles. The summed E-state index contributed by atoms with van der Waals surface area (Å²) in [6.45, 7) is 2.43. The van der Waals surface area contributed by atoms with Crippen molar-refractivity contribution < 1.29 is 50.5 Å². The molecule has 0 bridgehead atoms. The number of aromatic nitrogens is 1. The van der Waals surface area contributed by atoms with Crippen molar-refractivity contribution in [3.63, 3.8) is 0 Å². The summed E-state index contributed by atoms with van der Waals surface area (Å²) in [5.41, 5.74) is -3.82. The van der Waals surface area contributed by atoms with Crippen LogP contribution >= 0.6 is 11.3 Å². The quantitative estimate of drug-likeness (QED) is 0.127. The number of piperidine rings is 2.